The van der Waals surface area contributed by atoms with Gasteiger partial charge >= 0.3 is 0 Å². The molecule has 1 N–H and O–H groups in total. The molecule has 0 amide bonds. The van der Waals surface area contributed by atoms with E-state index in [2.05, 4.69) is 18.7 Å². The van der Waals surface area contributed by atoms with Crippen LogP contribution in [-0.2, 0) is 4.74 Å². The third-order valence-corrected chi connectivity index (χ3v) is 2.92. The van der Waals surface area contributed by atoms with E-state index in [4.69, 9.17) is 4.74 Å². The molecule has 3 nitrogen and oxygen atoms in total. The summed E-state index contributed by atoms with van der Waals surface area (Å²) >= 11 is 0. The van der Waals surface area contributed by atoms with Gasteiger partial charge in [-0.05, 0) is 19.3 Å². The highest BCUT2D eigenvalue weighted by molar-refractivity contribution is 4.80. The normalized spacial score (nSPS) is 33.2. The van der Waals surface area contributed by atoms with Crippen molar-refractivity contribution in [2.45, 2.75) is 32.4 Å². The van der Waals surface area contributed by atoms with E-state index in [0.29, 0.717) is 12.0 Å². The summed E-state index contributed by atoms with van der Waals surface area (Å²) in [6.45, 7) is 7.05. The zero-order valence-corrected chi connectivity index (χ0v) is 8.86. The summed E-state index contributed by atoms with van der Waals surface area (Å²) in [6, 6.07) is 0.472. The lowest BCUT2D eigenvalue weighted by atomic mass is 9.96. The van der Waals surface area contributed by atoms with E-state index < -0.39 is 0 Å². The Balaban J connectivity index is 2.36. The van der Waals surface area contributed by atoms with Crippen LogP contribution in [0.1, 0.15) is 20.3 Å². The fourth-order valence-corrected chi connectivity index (χ4v) is 1.91. The molecule has 0 aromatic carbocycles. The highest BCUT2D eigenvalue weighted by Crippen LogP contribution is 2.18. The number of hydrogen-bond acceptors (Lipinski definition) is 3. The summed E-state index contributed by atoms with van der Waals surface area (Å²) in [4.78, 5) is 2.39. The molecule has 1 aliphatic heterocycles. The third-order valence-electron chi connectivity index (χ3n) is 2.92. The largest absolute Gasteiger partial charge is 0.393 e. The smallest absolute Gasteiger partial charge is 0.0615 e. The molecule has 3 unspecified atom stereocenters. The van der Waals surface area contributed by atoms with Crippen molar-refractivity contribution in [1.29, 1.82) is 0 Å². The fraction of sp³-hybridized carbons (Fsp3) is 1.00. The van der Waals surface area contributed by atoms with Gasteiger partial charge in [0.25, 0.3) is 0 Å². The number of ether oxygens (including phenoxy) is 1. The molecule has 13 heavy (non-hydrogen) atoms. The summed E-state index contributed by atoms with van der Waals surface area (Å²) in [7, 11) is 1.73. The van der Waals surface area contributed by atoms with Crippen LogP contribution in [0.25, 0.3) is 0 Å². The number of aliphatic hydroxyl groups is 1. The van der Waals surface area contributed by atoms with Crippen LogP contribution >= 0.6 is 0 Å². The Morgan fingerprint density at radius 3 is 2.85 bits per heavy atom. The minimum atomic E-state index is -0.106. The van der Waals surface area contributed by atoms with Crippen LogP contribution in [0.5, 0.6) is 0 Å². The van der Waals surface area contributed by atoms with E-state index in [1.54, 1.807) is 7.11 Å². The lowest BCUT2D eigenvalue weighted by Crippen LogP contribution is -2.47. The van der Waals surface area contributed by atoms with Gasteiger partial charge in [0, 0.05) is 26.2 Å². The van der Waals surface area contributed by atoms with Crippen molar-refractivity contribution >= 4 is 0 Å². The molecule has 0 saturated carbocycles. The second kappa shape index (κ2) is 4.94. The Hall–Kier alpha value is -0.120. The van der Waals surface area contributed by atoms with Crippen molar-refractivity contribution in [2.75, 3.05) is 26.8 Å². The van der Waals surface area contributed by atoms with Crippen LogP contribution in [0, 0.1) is 5.92 Å². The second-order valence-corrected chi connectivity index (χ2v) is 4.13. The quantitative estimate of drug-likeness (QED) is 0.707. The summed E-state index contributed by atoms with van der Waals surface area (Å²) in [5, 5.41) is 9.55. The minimum Gasteiger partial charge on any atom is -0.393 e. The SMILES string of the molecule is COCC(C)N1CCC(O)C(C)C1. The molecule has 0 radical (unpaired) electrons. The zero-order chi connectivity index (χ0) is 9.84. The number of nitrogens with zero attached hydrogens (tertiary/aromatic N) is 1. The van der Waals surface area contributed by atoms with Crippen LogP contribution in [0.3, 0.4) is 0 Å². The molecule has 1 fully saturated rings. The number of likely N-dealkylation sites (tertiary alicyclic amines) is 1. The molecule has 1 aliphatic rings. The number of piperidine rings is 1. The fourth-order valence-electron chi connectivity index (χ4n) is 1.91. The summed E-state index contributed by atoms with van der Waals surface area (Å²) in [5.41, 5.74) is 0. The highest BCUT2D eigenvalue weighted by Gasteiger charge is 2.26. The van der Waals surface area contributed by atoms with Crippen LogP contribution in [-0.4, -0.2) is 49.0 Å². The lowest BCUT2D eigenvalue weighted by molar-refractivity contribution is 0.00367. The molecule has 0 spiro atoms. The van der Waals surface area contributed by atoms with Crippen LogP contribution in [0.4, 0.5) is 0 Å². The predicted octanol–water partition coefficient (Wildman–Crippen LogP) is 0.724. The minimum absolute atomic E-state index is 0.106. The molecule has 78 valence electrons. The Labute approximate surface area is 80.7 Å². The average molecular weight is 187 g/mol. The molecule has 3 atom stereocenters. The third kappa shape index (κ3) is 2.93. The summed E-state index contributed by atoms with van der Waals surface area (Å²) in [6.07, 6.45) is 0.792. The van der Waals surface area contributed by atoms with Gasteiger partial charge in [-0.3, -0.25) is 4.90 Å². The maximum Gasteiger partial charge on any atom is 0.0615 e. The first-order valence-corrected chi connectivity index (χ1v) is 5.06. The van der Waals surface area contributed by atoms with Crippen LogP contribution in [0.2, 0.25) is 0 Å². The number of methoxy groups -OCH3 is 1. The highest BCUT2D eigenvalue weighted by atomic mass is 16.5. The van der Waals surface area contributed by atoms with E-state index in [1.165, 1.54) is 0 Å². The Bertz CT molecular complexity index is 152. The van der Waals surface area contributed by atoms with Crippen molar-refractivity contribution in [2.24, 2.45) is 5.92 Å². The lowest BCUT2D eigenvalue weighted by Gasteiger charge is -2.37. The van der Waals surface area contributed by atoms with E-state index in [-0.39, 0.29) is 6.10 Å². The Morgan fingerprint density at radius 2 is 2.31 bits per heavy atom. The molecule has 0 aromatic rings. The van der Waals surface area contributed by atoms with Gasteiger partial charge in [-0.25, -0.2) is 0 Å². The molecular formula is C10H21NO2. The van der Waals surface area contributed by atoms with Gasteiger partial charge in [0.2, 0.25) is 0 Å². The Kier molecular flexibility index (Phi) is 4.16. The number of aliphatic hydroxyl groups excluding tert-OH is 1. The van der Waals surface area contributed by atoms with Gasteiger partial charge in [-0.2, -0.15) is 0 Å². The molecule has 3 heteroatoms. The van der Waals surface area contributed by atoms with Crippen molar-refractivity contribution < 1.29 is 9.84 Å². The first-order valence-electron chi connectivity index (χ1n) is 5.06. The van der Waals surface area contributed by atoms with E-state index >= 15 is 0 Å². The molecule has 0 bridgehead atoms. The van der Waals surface area contributed by atoms with E-state index in [9.17, 15) is 5.11 Å². The maximum atomic E-state index is 9.55. The summed E-state index contributed by atoms with van der Waals surface area (Å²) in [5.74, 6) is 0.396. The first kappa shape index (κ1) is 11.0. The van der Waals surface area contributed by atoms with Crippen LogP contribution in [0.15, 0.2) is 0 Å². The second-order valence-electron chi connectivity index (χ2n) is 4.13. The van der Waals surface area contributed by atoms with Crippen molar-refractivity contribution in [1.82, 2.24) is 4.90 Å². The summed E-state index contributed by atoms with van der Waals surface area (Å²) < 4.78 is 5.11. The van der Waals surface area contributed by atoms with Gasteiger partial charge in [-0.15, -0.1) is 0 Å². The van der Waals surface area contributed by atoms with Crippen molar-refractivity contribution in [3.05, 3.63) is 0 Å². The number of hydrogen-bond donors (Lipinski definition) is 1. The van der Waals surface area contributed by atoms with Crippen molar-refractivity contribution in [3.8, 4) is 0 Å². The monoisotopic (exact) mass is 187 g/mol. The molecular weight excluding hydrogens is 166 g/mol. The van der Waals surface area contributed by atoms with Gasteiger partial charge in [0.05, 0.1) is 12.7 Å². The molecule has 1 rings (SSSR count). The number of rotatable bonds is 3. The van der Waals surface area contributed by atoms with Gasteiger partial charge in [-0.1, -0.05) is 6.92 Å². The standard InChI is InChI=1S/C10H21NO2/c1-8-6-11(5-4-10(8)12)9(2)7-13-3/h8-10,12H,4-7H2,1-3H3. The zero-order valence-electron chi connectivity index (χ0n) is 8.86. The van der Waals surface area contributed by atoms with E-state index in [0.717, 1.165) is 26.1 Å². The van der Waals surface area contributed by atoms with Gasteiger partial charge < -0.3 is 9.84 Å². The first-order chi connectivity index (χ1) is 6.15. The molecule has 1 heterocycles. The topological polar surface area (TPSA) is 32.7 Å². The molecule has 1 saturated heterocycles. The Morgan fingerprint density at radius 1 is 1.62 bits per heavy atom. The van der Waals surface area contributed by atoms with Crippen LogP contribution < -0.4 is 0 Å². The van der Waals surface area contributed by atoms with E-state index in [1.807, 2.05) is 0 Å². The van der Waals surface area contributed by atoms with Gasteiger partial charge in [0.1, 0.15) is 0 Å². The van der Waals surface area contributed by atoms with Crippen molar-refractivity contribution in [3.63, 3.8) is 0 Å². The molecule has 0 aliphatic carbocycles. The maximum absolute atomic E-state index is 9.55. The van der Waals surface area contributed by atoms with Gasteiger partial charge in [0.15, 0.2) is 0 Å². The average Bonchev–Trinajstić information content (AvgIpc) is 2.10. The predicted molar refractivity (Wildman–Crippen MR) is 52.7 cm³/mol. The molecule has 0 aromatic heterocycles.